The highest BCUT2D eigenvalue weighted by atomic mass is 35.5. The summed E-state index contributed by atoms with van der Waals surface area (Å²) in [6.07, 6.45) is 0.213. The molecule has 0 heterocycles. The maximum atomic E-state index is 14.3. The number of ether oxygens (including phenoxy) is 1. The van der Waals surface area contributed by atoms with Gasteiger partial charge in [0.1, 0.15) is 18.3 Å². The van der Waals surface area contributed by atoms with Crippen molar-refractivity contribution in [3.05, 3.63) is 125 Å². The molecule has 0 aliphatic heterocycles. The SMILES string of the molecule is CNC(=O)C(Cc1ccccc1)N(Cc1ccccc1Cl)C(=O)CN(c1ccc(OC)cc1)S(=O)(=O)c1ccccc1. The van der Waals surface area contributed by atoms with Gasteiger partial charge in [-0.3, -0.25) is 13.9 Å². The Labute approximate surface area is 251 Å². The third-order valence-electron chi connectivity index (χ3n) is 6.79. The Kier molecular flexibility index (Phi) is 10.2. The standard InChI is InChI=1S/C32H32ClN3O5S/c1-34-32(38)30(21-24-11-5-3-6-12-24)35(22-25-13-9-10-16-29(25)33)31(37)23-36(26-17-19-27(41-2)20-18-26)42(39,40)28-14-7-4-8-15-28/h3-20,30H,21-23H2,1-2H3,(H,34,38). The Hall–Kier alpha value is -4.34. The molecule has 0 fully saturated rings. The molecule has 0 aliphatic carbocycles. The van der Waals surface area contributed by atoms with Crippen LogP contribution in [0.4, 0.5) is 5.69 Å². The van der Waals surface area contributed by atoms with Crippen LogP contribution in [0.1, 0.15) is 11.1 Å². The molecule has 0 spiro atoms. The second kappa shape index (κ2) is 14.0. The monoisotopic (exact) mass is 605 g/mol. The number of benzene rings is 4. The number of halogens is 1. The summed E-state index contributed by atoms with van der Waals surface area (Å²) in [6.45, 7) is -0.568. The van der Waals surface area contributed by atoms with E-state index in [-0.39, 0.29) is 29.5 Å². The zero-order valence-electron chi connectivity index (χ0n) is 23.3. The summed E-state index contributed by atoms with van der Waals surface area (Å²) in [5, 5.41) is 3.09. The van der Waals surface area contributed by atoms with E-state index in [2.05, 4.69) is 5.32 Å². The first kappa shape index (κ1) is 30.6. The Balaban J connectivity index is 1.79. The van der Waals surface area contributed by atoms with Crippen LogP contribution in [0.25, 0.3) is 0 Å². The lowest BCUT2D eigenvalue weighted by atomic mass is 10.0. The highest BCUT2D eigenvalue weighted by Crippen LogP contribution is 2.27. The van der Waals surface area contributed by atoms with Gasteiger partial charge in [-0.2, -0.15) is 0 Å². The molecule has 2 amide bonds. The molecular formula is C32H32ClN3O5S. The Morgan fingerprint density at radius 3 is 2.05 bits per heavy atom. The molecular weight excluding hydrogens is 574 g/mol. The van der Waals surface area contributed by atoms with E-state index in [0.29, 0.717) is 16.3 Å². The smallest absolute Gasteiger partial charge is 0.264 e. The van der Waals surface area contributed by atoms with Crippen molar-refractivity contribution in [2.45, 2.75) is 23.9 Å². The lowest BCUT2D eigenvalue weighted by molar-refractivity contribution is -0.139. The molecule has 4 rings (SSSR count). The first-order valence-electron chi connectivity index (χ1n) is 13.2. The van der Waals surface area contributed by atoms with Crippen molar-refractivity contribution in [1.82, 2.24) is 10.2 Å². The molecule has 1 unspecified atom stereocenters. The first-order chi connectivity index (χ1) is 20.2. The number of nitrogens with one attached hydrogen (secondary N) is 1. The first-order valence-corrected chi connectivity index (χ1v) is 15.1. The van der Waals surface area contributed by atoms with E-state index >= 15 is 0 Å². The van der Waals surface area contributed by atoms with Gasteiger partial charge in [0, 0.05) is 25.0 Å². The highest BCUT2D eigenvalue weighted by Gasteiger charge is 2.34. The molecule has 1 N–H and O–H groups in total. The summed E-state index contributed by atoms with van der Waals surface area (Å²) in [6, 6.07) is 29.7. The summed E-state index contributed by atoms with van der Waals surface area (Å²) in [5.41, 5.74) is 1.73. The fraction of sp³-hybridized carbons (Fsp3) is 0.188. The zero-order chi connectivity index (χ0) is 30.1. The van der Waals surface area contributed by atoms with Crippen molar-refractivity contribution in [2.75, 3.05) is 25.0 Å². The number of carbonyl (C=O) groups excluding carboxylic acids is 2. The largest absolute Gasteiger partial charge is 0.497 e. The Morgan fingerprint density at radius 1 is 0.857 bits per heavy atom. The van der Waals surface area contributed by atoms with E-state index in [0.717, 1.165) is 9.87 Å². The van der Waals surface area contributed by atoms with E-state index in [9.17, 15) is 18.0 Å². The highest BCUT2D eigenvalue weighted by molar-refractivity contribution is 7.92. The molecule has 0 aromatic heterocycles. The minimum Gasteiger partial charge on any atom is -0.497 e. The average molecular weight is 606 g/mol. The maximum Gasteiger partial charge on any atom is 0.264 e. The van der Waals surface area contributed by atoms with Gasteiger partial charge in [-0.15, -0.1) is 0 Å². The second-order valence-corrected chi connectivity index (χ2v) is 11.7. The quantitative estimate of drug-likeness (QED) is 0.247. The predicted octanol–water partition coefficient (Wildman–Crippen LogP) is 4.93. The number of hydrogen-bond acceptors (Lipinski definition) is 5. The molecule has 0 bridgehead atoms. The third kappa shape index (κ3) is 7.29. The number of likely N-dealkylation sites (N-methyl/N-ethyl adjacent to an activating group) is 1. The lowest BCUT2D eigenvalue weighted by Gasteiger charge is -2.33. The van der Waals surface area contributed by atoms with Crippen molar-refractivity contribution in [2.24, 2.45) is 0 Å². The fourth-order valence-corrected chi connectivity index (χ4v) is 6.16. The summed E-state index contributed by atoms with van der Waals surface area (Å²) in [4.78, 5) is 29.0. The number of amides is 2. The van der Waals surface area contributed by atoms with Gasteiger partial charge >= 0.3 is 0 Å². The van der Waals surface area contributed by atoms with E-state index in [1.807, 2.05) is 30.3 Å². The van der Waals surface area contributed by atoms with Gasteiger partial charge in [-0.05, 0) is 53.6 Å². The fourth-order valence-electron chi connectivity index (χ4n) is 4.53. The van der Waals surface area contributed by atoms with Crippen LogP contribution in [0.15, 0.2) is 114 Å². The van der Waals surface area contributed by atoms with Gasteiger partial charge in [0.05, 0.1) is 17.7 Å². The van der Waals surface area contributed by atoms with Gasteiger partial charge in [-0.25, -0.2) is 8.42 Å². The Morgan fingerprint density at radius 2 is 1.45 bits per heavy atom. The minimum absolute atomic E-state index is 0.00867. The topological polar surface area (TPSA) is 96.0 Å². The van der Waals surface area contributed by atoms with Gasteiger partial charge in [0.2, 0.25) is 11.8 Å². The number of nitrogens with zero attached hydrogens (tertiary/aromatic N) is 2. The van der Waals surface area contributed by atoms with E-state index in [4.69, 9.17) is 16.3 Å². The van der Waals surface area contributed by atoms with Crippen LogP contribution in [0.3, 0.4) is 0 Å². The van der Waals surface area contributed by atoms with Crippen LogP contribution < -0.4 is 14.4 Å². The molecule has 0 aliphatic rings. The second-order valence-electron chi connectivity index (χ2n) is 9.46. The maximum absolute atomic E-state index is 14.3. The number of methoxy groups -OCH3 is 1. The minimum atomic E-state index is -4.18. The van der Waals surface area contributed by atoms with Crippen molar-refractivity contribution in [1.29, 1.82) is 0 Å². The molecule has 8 nitrogen and oxygen atoms in total. The molecule has 0 saturated carbocycles. The van der Waals surface area contributed by atoms with Gasteiger partial charge in [-0.1, -0.05) is 78.3 Å². The van der Waals surface area contributed by atoms with Crippen LogP contribution in [-0.2, 0) is 32.6 Å². The average Bonchev–Trinajstić information content (AvgIpc) is 3.02. The molecule has 4 aromatic rings. The zero-order valence-corrected chi connectivity index (χ0v) is 24.9. The van der Waals surface area contributed by atoms with E-state index in [1.165, 1.54) is 31.2 Å². The number of hydrogen-bond donors (Lipinski definition) is 1. The summed E-state index contributed by atoms with van der Waals surface area (Å²) < 4.78 is 34.2. The summed E-state index contributed by atoms with van der Waals surface area (Å²) in [7, 11) is -1.16. The number of rotatable bonds is 12. The van der Waals surface area contributed by atoms with Crippen molar-refractivity contribution in [3.63, 3.8) is 0 Å². The third-order valence-corrected chi connectivity index (χ3v) is 8.94. The molecule has 4 aromatic carbocycles. The van der Waals surface area contributed by atoms with Gasteiger partial charge in [0.15, 0.2) is 0 Å². The van der Waals surface area contributed by atoms with Crippen LogP contribution >= 0.6 is 11.6 Å². The molecule has 1 atom stereocenters. The van der Waals surface area contributed by atoms with Crippen molar-refractivity contribution >= 4 is 39.1 Å². The van der Waals surface area contributed by atoms with E-state index < -0.39 is 28.5 Å². The number of anilines is 1. The van der Waals surface area contributed by atoms with Crippen LogP contribution in [0.5, 0.6) is 5.75 Å². The lowest BCUT2D eigenvalue weighted by Crippen LogP contribution is -2.53. The van der Waals surface area contributed by atoms with Crippen LogP contribution in [-0.4, -0.2) is 51.9 Å². The van der Waals surface area contributed by atoms with Crippen LogP contribution in [0, 0.1) is 0 Å². The normalized spacial score (nSPS) is 11.8. The molecule has 42 heavy (non-hydrogen) atoms. The van der Waals surface area contributed by atoms with Crippen LogP contribution in [0.2, 0.25) is 5.02 Å². The molecule has 0 saturated heterocycles. The molecule has 10 heteroatoms. The van der Waals surface area contributed by atoms with Crippen molar-refractivity contribution in [3.8, 4) is 5.75 Å². The predicted molar refractivity (Wildman–Crippen MR) is 164 cm³/mol. The molecule has 0 radical (unpaired) electrons. The van der Waals surface area contributed by atoms with E-state index in [1.54, 1.807) is 66.7 Å². The summed E-state index contributed by atoms with van der Waals surface area (Å²) in [5.74, 6) is -0.430. The summed E-state index contributed by atoms with van der Waals surface area (Å²) >= 11 is 6.48. The number of carbonyl (C=O) groups is 2. The number of sulfonamides is 1. The van der Waals surface area contributed by atoms with Crippen molar-refractivity contribution < 1.29 is 22.7 Å². The van der Waals surface area contributed by atoms with Gasteiger partial charge in [0.25, 0.3) is 10.0 Å². The molecule has 218 valence electrons. The van der Waals surface area contributed by atoms with Gasteiger partial charge < -0.3 is 15.0 Å². The Bertz CT molecular complexity index is 1600.